The summed E-state index contributed by atoms with van der Waals surface area (Å²) in [5.41, 5.74) is 0. The van der Waals surface area contributed by atoms with Gasteiger partial charge in [-0.05, 0) is 126 Å². The topological polar surface area (TPSA) is 362 Å². The van der Waals surface area contributed by atoms with E-state index in [0.29, 0.717) is 51.6 Å². The molecule has 0 aromatic carbocycles. The first-order chi connectivity index (χ1) is 50.0. The highest BCUT2D eigenvalue weighted by Crippen LogP contribution is 2.34. The maximum absolute atomic E-state index is 15.7. The standard InChI is InChI=1S/C76H132ClN13O16S/c1-19-21-35-90-45-64(94)88(17)66(49(9)10)70(98)80-56(73(101)89-36-26-23-27-37-89)44-63(93)83(12)57(20-2)67(95)78-54(33-34-62(92)82-107(18,105)106)71(99)86(15)60(40-48(7)8)74(102)85(14)59(43-52-31-28-32-53(77)41-52)68(96)79-55(38-46(3)4)72(100)87(16)61(42-51-29-24-22-25-30-51)75(103)84(13)58(39-47(5)6)69(97)81-65(50(11)91)76(90)104/h46-61,65-66,91H,19-45H2,1-18H3,(H,78,95)(H,79,96)(H,80,98)(H,81,97)(H,82,92)/t50-,52?,53?,54?,55+,56+,57+,58+,59+,60+,61+,65+,66+/m1/s1. The molecule has 2 saturated carbocycles. The van der Waals surface area contributed by atoms with E-state index in [2.05, 4.69) is 21.3 Å². The Morgan fingerprint density at radius 2 is 1.05 bits per heavy atom. The lowest BCUT2D eigenvalue weighted by atomic mass is 9.83. The van der Waals surface area contributed by atoms with E-state index in [1.807, 2.05) is 53.2 Å². The number of halogens is 1. The fourth-order valence-corrected chi connectivity index (χ4v) is 16.4. The summed E-state index contributed by atoms with van der Waals surface area (Å²) >= 11 is 6.82. The van der Waals surface area contributed by atoms with Crippen molar-refractivity contribution in [3.05, 3.63) is 0 Å². The van der Waals surface area contributed by atoms with E-state index in [-0.39, 0.29) is 80.0 Å². The van der Waals surface area contributed by atoms with Crippen LogP contribution in [-0.4, -0.2) is 276 Å². The Morgan fingerprint density at radius 3 is 1.60 bits per heavy atom. The zero-order valence-corrected chi connectivity index (χ0v) is 69.0. The van der Waals surface area contributed by atoms with Crippen molar-refractivity contribution in [1.82, 2.24) is 65.2 Å². The molecule has 107 heavy (non-hydrogen) atoms. The zero-order valence-electron chi connectivity index (χ0n) is 67.4. The number of hydrogen-bond acceptors (Lipinski definition) is 16. The molecule has 0 aromatic heterocycles. The number of nitrogens with zero attached hydrogens (tertiary/aromatic N) is 8. The number of unbranched alkanes of at least 4 members (excludes halogenated alkanes) is 1. The SMILES string of the molecule is CCCCN1CC(=O)N(C)[C@@H](C(C)C)C(=O)N[C@H](C(=O)N2CCCCC2)CC(=O)N(C)[C@@H](CC)C(=O)NC(CCC(=O)NS(C)(=O)=O)C(=O)N(C)[C@@H](CC(C)C)C(=O)N(C)[C@@H](CC2CCCC(Cl)C2)C(=O)N[C@@H](CC(C)C)C(=O)N(C)[C@@H](CC2CCCCC2)C(=O)N(C)[C@@H](CC(C)C)C(=O)N[C@@H]([C@@H](C)O)C1=O. The van der Waals surface area contributed by atoms with E-state index in [1.54, 1.807) is 20.8 Å². The van der Waals surface area contributed by atoms with Gasteiger partial charge in [-0.2, -0.15) is 0 Å². The Bertz CT molecular complexity index is 3150. The largest absolute Gasteiger partial charge is 0.391 e. The number of likely N-dealkylation sites (N-methyl/N-ethyl adjacent to an activating group) is 6. The number of rotatable bonds is 21. The van der Waals surface area contributed by atoms with Gasteiger partial charge >= 0.3 is 0 Å². The summed E-state index contributed by atoms with van der Waals surface area (Å²) in [7, 11) is 4.28. The number of hydrogen-bond donors (Lipinski definition) is 6. The van der Waals surface area contributed by atoms with Crippen LogP contribution in [0.1, 0.15) is 224 Å². The van der Waals surface area contributed by atoms with E-state index in [9.17, 15) is 42.3 Å². The van der Waals surface area contributed by atoms with Gasteiger partial charge in [0.2, 0.25) is 86.8 Å². The molecule has 3 unspecified atom stereocenters. The predicted octanol–water partition coefficient (Wildman–Crippen LogP) is 4.53. The Kier molecular flexibility index (Phi) is 37.8. The van der Waals surface area contributed by atoms with Crippen LogP contribution < -0.4 is 26.0 Å². The van der Waals surface area contributed by atoms with E-state index in [1.165, 1.54) is 73.7 Å². The molecule has 610 valence electrons. The quantitative estimate of drug-likeness (QED) is 0.0860. The number of aliphatic hydroxyl groups is 1. The molecule has 0 aromatic rings. The van der Waals surface area contributed by atoms with Crippen LogP contribution in [0.15, 0.2) is 0 Å². The van der Waals surface area contributed by atoms with Gasteiger partial charge in [-0.15, -0.1) is 11.6 Å². The minimum atomic E-state index is -4.11. The Balaban J connectivity index is 2.04. The number of nitrogens with one attached hydrogen (secondary N) is 5. The molecule has 0 radical (unpaired) electrons. The van der Waals surface area contributed by atoms with Crippen molar-refractivity contribution in [2.45, 2.75) is 296 Å². The van der Waals surface area contributed by atoms with Crippen LogP contribution in [-0.2, 0) is 72.4 Å². The lowest BCUT2D eigenvalue weighted by molar-refractivity contribution is -0.152. The summed E-state index contributed by atoms with van der Waals surface area (Å²) in [4.78, 5) is 206. The molecule has 2 aliphatic heterocycles. The summed E-state index contributed by atoms with van der Waals surface area (Å²) in [5, 5.41) is 22.5. The monoisotopic (exact) mass is 1550 g/mol. The summed E-state index contributed by atoms with van der Waals surface area (Å²) in [6, 6.07) is -14.0. The summed E-state index contributed by atoms with van der Waals surface area (Å²) in [6.07, 6.45) is 7.57. The predicted molar refractivity (Wildman–Crippen MR) is 408 cm³/mol. The van der Waals surface area contributed by atoms with Gasteiger partial charge in [-0.1, -0.05) is 121 Å². The first-order valence-electron chi connectivity index (χ1n) is 39.2. The Labute approximate surface area is 642 Å². The Hall–Kier alpha value is -6.69. The lowest BCUT2D eigenvalue weighted by Gasteiger charge is -2.40. The van der Waals surface area contributed by atoms with Gasteiger partial charge in [0.05, 0.1) is 25.3 Å². The minimum Gasteiger partial charge on any atom is -0.391 e. The van der Waals surface area contributed by atoms with Gasteiger partial charge in [-0.25, -0.2) is 8.42 Å². The third-order valence-electron chi connectivity index (χ3n) is 21.7. The van der Waals surface area contributed by atoms with Crippen LogP contribution in [0.4, 0.5) is 0 Å². The number of likely N-dealkylation sites (tertiary alicyclic amines) is 1. The first-order valence-corrected chi connectivity index (χ1v) is 41.6. The van der Waals surface area contributed by atoms with Crippen LogP contribution in [0.5, 0.6) is 0 Å². The number of carbonyl (C=O) groups excluding carboxylic acids is 13. The molecule has 13 amide bonds. The molecule has 13 atom stereocenters. The molecular weight excluding hydrogens is 1420 g/mol. The third kappa shape index (κ3) is 28.0. The molecule has 4 fully saturated rings. The molecule has 29 nitrogen and oxygen atoms in total. The average Bonchev–Trinajstić information content (AvgIpc) is 0.820. The highest BCUT2D eigenvalue weighted by molar-refractivity contribution is 7.89. The molecule has 0 bridgehead atoms. The fraction of sp³-hybridized carbons (Fsp3) is 0.829. The highest BCUT2D eigenvalue weighted by atomic mass is 35.5. The second-order valence-electron chi connectivity index (χ2n) is 32.4. The molecular formula is C76H132ClN13O16S. The second-order valence-corrected chi connectivity index (χ2v) is 34.8. The van der Waals surface area contributed by atoms with Crippen LogP contribution in [0.2, 0.25) is 0 Å². The van der Waals surface area contributed by atoms with Crippen molar-refractivity contribution in [1.29, 1.82) is 0 Å². The van der Waals surface area contributed by atoms with Gasteiger partial charge < -0.3 is 65.6 Å². The summed E-state index contributed by atoms with van der Waals surface area (Å²) < 4.78 is 26.5. The minimum absolute atomic E-state index is 0.00390. The molecule has 2 saturated heterocycles. The average molecular weight is 1550 g/mol. The van der Waals surface area contributed by atoms with Crippen LogP contribution >= 0.6 is 11.6 Å². The van der Waals surface area contributed by atoms with E-state index in [0.717, 1.165) is 72.3 Å². The van der Waals surface area contributed by atoms with Crippen LogP contribution in [0.3, 0.4) is 0 Å². The number of sulfonamides is 1. The molecule has 31 heteroatoms. The summed E-state index contributed by atoms with van der Waals surface area (Å²) in [6.45, 7) is 19.1. The summed E-state index contributed by atoms with van der Waals surface area (Å²) in [5.74, 6) is -11.7. The maximum Gasteiger partial charge on any atom is 0.248 e. The number of amides is 13. The van der Waals surface area contributed by atoms with Crippen molar-refractivity contribution < 1.29 is 75.9 Å². The molecule has 0 spiro atoms. The van der Waals surface area contributed by atoms with Gasteiger partial charge in [-0.3, -0.25) is 67.1 Å². The van der Waals surface area contributed by atoms with Crippen molar-refractivity contribution in [2.24, 2.45) is 35.5 Å². The Morgan fingerprint density at radius 1 is 0.542 bits per heavy atom. The second kappa shape index (κ2) is 43.6. The normalized spacial score (nSPS) is 27.6. The lowest BCUT2D eigenvalue weighted by Crippen LogP contribution is -2.62. The molecule has 2 aliphatic carbocycles. The number of aliphatic hydroxyl groups excluding tert-OH is 1. The van der Waals surface area contributed by atoms with Gasteiger partial charge in [0.25, 0.3) is 0 Å². The molecule has 4 rings (SSSR count). The fourth-order valence-electron chi connectivity index (χ4n) is 15.4. The molecule has 4 aliphatic rings. The maximum atomic E-state index is 15.7. The zero-order chi connectivity index (χ0) is 80.6. The van der Waals surface area contributed by atoms with Crippen molar-refractivity contribution in [3.8, 4) is 0 Å². The molecule has 6 N–H and O–H groups in total. The van der Waals surface area contributed by atoms with E-state index in [4.69, 9.17) is 11.6 Å². The van der Waals surface area contributed by atoms with Gasteiger partial charge in [0.15, 0.2) is 0 Å². The van der Waals surface area contributed by atoms with Crippen LogP contribution in [0, 0.1) is 35.5 Å². The van der Waals surface area contributed by atoms with Crippen molar-refractivity contribution >= 4 is 98.4 Å². The van der Waals surface area contributed by atoms with Crippen molar-refractivity contribution in [2.75, 3.05) is 74.7 Å². The highest BCUT2D eigenvalue weighted by Gasteiger charge is 2.46. The van der Waals surface area contributed by atoms with E-state index >= 15 is 33.6 Å². The van der Waals surface area contributed by atoms with Crippen molar-refractivity contribution in [3.63, 3.8) is 0 Å². The molecule has 2 heterocycles. The van der Waals surface area contributed by atoms with E-state index < -0.39 is 185 Å². The van der Waals surface area contributed by atoms with Gasteiger partial charge in [0.1, 0.15) is 60.4 Å². The third-order valence-corrected chi connectivity index (χ3v) is 22.7. The first kappa shape index (κ1) is 92.7. The number of piperidine rings is 1. The van der Waals surface area contributed by atoms with Gasteiger partial charge in [0, 0.05) is 73.7 Å². The van der Waals surface area contributed by atoms with Crippen LogP contribution in [0.25, 0.3) is 0 Å². The smallest absolute Gasteiger partial charge is 0.248 e. The number of alkyl halides is 1. The number of carbonyl (C=O) groups is 13.